The standard InChI is InChI=1S/C19H18N4O/c1-3-17(24)16-6-11(2)15(10-21-16)12-7-13-9-23-19-14(4-5-20-19)18(13)22-8-12/h4-10,17,22,24H,3H2,1-2H3. The molecule has 4 heterocycles. The number of aliphatic hydroxyl groups excluding tert-OH is 1. The highest BCUT2D eigenvalue weighted by Crippen LogP contribution is 2.29. The van der Waals surface area contributed by atoms with E-state index < -0.39 is 6.10 Å². The van der Waals surface area contributed by atoms with E-state index in [-0.39, 0.29) is 0 Å². The van der Waals surface area contributed by atoms with Crippen molar-refractivity contribution in [3.63, 3.8) is 0 Å². The lowest BCUT2D eigenvalue weighted by molar-refractivity contribution is 0.169. The first-order chi connectivity index (χ1) is 11.7. The molecule has 0 aliphatic heterocycles. The number of nitrogens with one attached hydrogen (secondary N) is 1. The molecule has 5 nitrogen and oxygen atoms in total. The molecule has 0 spiro atoms. The molecule has 0 bridgehead atoms. The molecule has 0 amide bonds. The van der Waals surface area contributed by atoms with Gasteiger partial charge in [0.15, 0.2) is 5.65 Å². The van der Waals surface area contributed by atoms with Crippen LogP contribution in [0, 0.1) is 6.92 Å². The van der Waals surface area contributed by atoms with E-state index in [0.29, 0.717) is 6.42 Å². The third-order valence-corrected chi connectivity index (χ3v) is 4.42. The number of nitrogens with zero attached hydrogens (tertiary/aromatic N) is 3. The second-order valence-corrected chi connectivity index (χ2v) is 6.01. The summed E-state index contributed by atoms with van der Waals surface area (Å²) in [7, 11) is 0. The summed E-state index contributed by atoms with van der Waals surface area (Å²) in [5, 5.41) is 12.0. The van der Waals surface area contributed by atoms with Gasteiger partial charge >= 0.3 is 0 Å². The highest BCUT2D eigenvalue weighted by atomic mass is 16.3. The first-order valence-electron chi connectivity index (χ1n) is 8.04. The fourth-order valence-electron chi connectivity index (χ4n) is 3.03. The van der Waals surface area contributed by atoms with E-state index in [2.05, 4.69) is 26.0 Å². The molecule has 0 aromatic carbocycles. The van der Waals surface area contributed by atoms with Gasteiger partial charge in [-0.2, -0.15) is 0 Å². The Labute approximate surface area is 139 Å². The van der Waals surface area contributed by atoms with E-state index in [0.717, 1.165) is 44.3 Å². The predicted octanol–water partition coefficient (Wildman–Crippen LogP) is 3.92. The molecule has 4 aromatic heterocycles. The average molecular weight is 318 g/mol. The Hall–Kier alpha value is -2.79. The molecule has 0 saturated carbocycles. The van der Waals surface area contributed by atoms with Crippen LogP contribution in [0.15, 0.2) is 43.0 Å². The fourth-order valence-corrected chi connectivity index (χ4v) is 3.03. The monoisotopic (exact) mass is 318 g/mol. The van der Waals surface area contributed by atoms with Crippen LogP contribution in [-0.4, -0.2) is 25.0 Å². The molecule has 1 unspecified atom stereocenters. The number of hydrogen-bond acceptors (Lipinski definition) is 4. The first kappa shape index (κ1) is 14.8. The number of fused-ring (bicyclic) bond motifs is 3. The minimum Gasteiger partial charge on any atom is -0.387 e. The van der Waals surface area contributed by atoms with E-state index in [1.807, 2.05) is 44.6 Å². The van der Waals surface area contributed by atoms with Crippen LogP contribution in [0.1, 0.15) is 30.7 Å². The van der Waals surface area contributed by atoms with Gasteiger partial charge in [0.2, 0.25) is 0 Å². The zero-order chi connectivity index (χ0) is 16.7. The summed E-state index contributed by atoms with van der Waals surface area (Å²) in [6.07, 6.45) is 7.56. The molecule has 0 saturated heterocycles. The van der Waals surface area contributed by atoms with Crippen LogP contribution < -0.4 is 0 Å². The van der Waals surface area contributed by atoms with Gasteiger partial charge < -0.3 is 10.1 Å². The summed E-state index contributed by atoms with van der Waals surface area (Å²) >= 11 is 0. The van der Waals surface area contributed by atoms with E-state index in [1.165, 1.54) is 0 Å². The summed E-state index contributed by atoms with van der Waals surface area (Å²) in [5.41, 5.74) is 5.68. The van der Waals surface area contributed by atoms with Gasteiger partial charge in [-0.25, -0.2) is 9.97 Å². The quantitative estimate of drug-likeness (QED) is 0.600. The van der Waals surface area contributed by atoms with E-state index in [9.17, 15) is 5.11 Å². The smallest absolute Gasteiger partial charge is 0.161 e. The van der Waals surface area contributed by atoms with Crippen LogP contribution in [0.2, 0.25) is 0 Å². The van der Waals surface area contributed by atoms with Gasteiger partial charge in [-0.05, 0) is 37.1 Å². The minimum atomic E-state index is -0.511. The zero-order valence-electron chi connectivity index (χ0n) is 13.6. The Bertz CT molecular complexity index is 1040. The van der Waals surface area contributed by atoms with E-state index in [4.69, 9.17) is 0 Å². The lowest BCUT2D eigenvalue weighted by atomic mass is 10.0. The third-order valence-electron chi connectivity index (χ3n) is 4.42. The van der Waals surface area contributed by atoms with Crippen molar-refractivity contribution in [2.75, 3.05) is 0 Å². The van der Waals surface area contributed by atoms with Crippen molar-refractivity contribution >= 4 is 21.9 Å². The fraction of sp³-hybridized carbons (Fsp3) is 0.211. The summed E-state index contributed by atoms with van der Waals surface area (Å²) in [4.78, 5) is 16.4. The molecule has 0 aliphatic rings. The van der Waals surface area contributed by atoms with Crippen LogP contribution in [0.3, 0.4) is 0 Å². The van der Waals surface area contributed by atoms with Gasteiger partial charge in [0, 0.05) is 46.7 Å². The largest absolute Gasteiger partial charge is 0.387 e. The Kier molecular flexibility index (Phi) is 3.50. The van der Waals surface area contributed by atoms with Crippen LogP contribution in [0.25, 0.3) is 33.1 Å². The van der Waals surface area contributed by atoms with Crippen LogP contribution in [0.5, 0.6) is 0 Å². The Morgan fingerprint density at radius 2 is 2.04 bits per heavy atom. The number of aryl methyl sites for hydroxylation is 1. The summed E-state index contributed by atoms with van der Waals surface area (Å²) in [5.74, 6) is 0. The van der Waals surface area contributed by atoms with Gasteiger partial charge in [0.25, 0.3) is 0 Å². The molecule has 0 aliphatic carbocycles. The highest BCUT2D eigenvalue weighted by molar-refractivity contribution is 6.02. The predicted molar refractivity (Wildman–Crippen MR) is 94.6 cm³/mol. The average Bonchev–Trinajstić information content (AvgIpc) is 3.09. The second kappa shape index (κ2) is 5.69. The topological polar surface area (TPSA) is 74.7 Å². The molecular weight excluding hydrogens is 300 g/mol. The maximum absolute atomic E-state index is 9.95. The van der Waals surface area contributed by atoms with E-state index >= 15 is 0 Å². The normalized spacial score (nSPS) is 12.8. The maximum atomic E-state index is 9.95. The lowest BCUT2D eigenvalue weighted by Gasteiger charge is -2.12. The molecule has 24 heavy (non-hydrogen) atoms. The van der Waals surface area contributed by atoms with Crippen molar-refractivity contribution < 1.29 is 5.11 Å². The van der Waals surface area contributed by atoms with Crippen LogP contribution in [-0.2, 0) is 0 Å². The van der Waals surface area contributed by atoms with Crippen molar-refractivity contribution in [2.24, 2.45) is 0 Å². The van der Waals surface area contributed by atoms with Crippen LogP contribution in [0.4, 0.5) is 0 Å². The number of aliphatic hydroxyl groups is 1. The summed E-state index contributed by atoms with van der Waals surface area (Å²) in [6.45, 7) is 3.98. The molecular formula is C19H18N4O. The number of H-pyrrole nitrogens is 1. The number of aromatic amines is 1. The number of pyridine rings is 3. The van der Waals surface area contributed by atoms with Crippen molar-refractivity contribution in [3.05, 3.63) is 54.2 Å². The van der Waals surface area contributed by atoms with Gasteiger partial charge in [0.05, 0.1) is 17.3 Å². The van der Waals surface area contributed by atoms with Gasteiger partial charge in [-0.1, -0.05) is 6.92 Å². The van der Waals surface area contributed by atoms with Crippen molar-refractivity contribution in [3.8, 4) is 11.1 Å². The van der Waals surface area contributed by atoms with Crippen molar-refractivity contribution in [1.29, 1.82) is 0 Å². The van der Waals surface area contributed by atoms with Gasteiger partial charge in [-0.15, -0.1) is 0 Å². The van der Waals surface area contributed by atoms with Crippen molar-refractivity contribution in [2.45, 2.75) is 26.4 Å². The minimum absolute atomic E-state index is 0.511. The molecule has 4 aromatic rings. The molecule has 0 radical (unpaired) electrons. The molecule has 120 valence electrons. The summed E-state index contributed by atoms with van der Waals surface area (Å²) in [6, 6.07) is 6.02. The highest BCUT2D eigenvalue weighted by Gasteiger charge is 2.11. The molecule has 0 fully saturated rings. The SMILES string of the molecule is CCC(O)c1cc(C)c(-c2c[nH]c3c(cnc4nccc43)c2)cn1. The van der Waals surface area contributed by atoms with Crippen LogP contribution >= 0.6 is 0 Å². The van der Waals surface area contributed by atoms with Crippen molar-refractivity contribution in [1.82, 2.24) is 19.9 Å². The third kappa shape index (κ3) is 2.34. The second-order valence-electron chi connectivity index (χ2n) is 6.01. The Morgan fingerprint density at radius 3 is 2.83 bits per heavy atom. The maximum Gasteiger partial charge on any atom is 0.161 e. The Morgan fingerprint density at radius 1 is 1.17 bits per heavy atom. The Balaban J connectivity index is 1.83. The number of hydrogen-bond donors (Lipinski definition) is 2. The first-order valence-corrected chi connectivity index (χ1v) is 8.04. The zero-order valence-corrected chi connectivity index (χ0v) is 13.6. The number of aromatic nitrogens is 4. The molecule has 1 atom stereocenters. The number of rotatable bonds is 3. The van der Waals surface area contributed by atoms with E-state index in [1.54, 1.807) is 6.20 Å². The van der Waals surface area contributed by atoms with Gasteiger partial charge in [-0.3, -0.25) is 4.98 Å². The summed E-state index contributed by atoms with van der Waals surface area (Å²) < 4.78 is 0. The lowest BCUT2D eigenvalue weighted by Crippen LogP contribution is -2.00. The molecule has 5 heteroatoms. The molecule has 2 N–H and O–H groups in total. The molecule has 4 rings (SSSR count). The van der Waals surface area contributed by atoms with Gasteiger partial charge in [0.1, 0.15) is 0 Å².